The zero-order valence-electron chi connectivity index (χ0n) is 13.7. The number of rotatable bonds is 3. The zero-order valence-corrected chi connectivity index (χ0v) is 14.6. The first-order valence-corrected chi connectivity index (χ1v) is 8.24. The fourth-order valence-corrected chi connectivity index (χ4v) is 3.15. The van der Waals surface area contributed by atoms with Crippen molar-refractivity contribution in [1.82, 2.24) is 20.4 Å². The monoisotopic (exact) mass is 360 g/mol. The van der Waals surface area contributed by atoms with Gasteiger partial charge >= 0.3 is 0 Å². The summed E-state index contributed by atoms with van der Waals surface area (Å²) in [5, 5.41) is 12.3. The van der Waals surface area contributed by atoms with Crippen LogP contribution < -0.4 is 15.3 Å². The molecule has 4 rings (SSSR count). The Balaban J connectivity index is 0.00000182. The van der Waals surface area contributed by atoms with Gasteiger partial charge < -0.3 is 15.4 Å². The highest BCUT2D eigenvalue weighted by atomic mass is 35.5. The summed E-state index contributed by atoms with van der Waals surface area (Å²) in [5.74, 6) is 1.55. The van der Waals surface area contributed by atoms with E-state index in [1.807, 2.05) is 18.2 Å². The van der Waals surface area contributed by atoms with Crippen LogP contribution in [-0.4, -0.2) is 39.4 Å². The molecule has 2 aliphatic rings. The van der Waals surface area contributed by atoms with Crippen molar-refractivity contribution >= 4 is 29.6 Å². The summed E-state index contributed by atoms with van der Waals surface area (Å²) in [5.41, 5.74) is 4.73. The molecule has 2 aromatic heterocycles. The SMILES string of the molecule is Cl.OC1C(c2cccnc2)=CNN1c1cc(N2CCCCC2)ncn1. The molecule has 0 spiro atoms. The maximum atomic E-state index is 10.7. The first-order valence-electron chi connectivity index (χ1n) is 8.24. The van der Waals surface area contributed by atoms with Crippen molar-refractivity contribution in [2.75, 3.05) is 23.0 Å². The third-order valence-corrected chi connectivity index (χ3v) is 4.44. The number of halogens is 1. The van der Waals surface area contributed by atoms with Crippen LogP contribution >= 0.6 is 12.4 Å². The van der Waals surface area contributed by atoms with E-state index >= 15 is 0 Å². The van der Waals surface area contributed by atoms with Gasteiger partial charge in [-0.1, -0.05) is 6.07 Å². The molecule has 1 fully saturated rings. The van der Waals surface area contributed by atoms with Crippen molar-refractivity contribution in [3.63, 3.8) is 0 Å². The quantitative estimate of drug-likeness (QED) is 0.866. The highest BCUT2D eigenvalue weighted by molar-refractivity contribution is 5.85. The Hall–Kier alpha value is -2.38. The van der Waals surface area contributed by atoms with E-state index in [2.05, 4.69) is 25.3 Å². The second kappa shape index (κ2) is 7.67. The lowest BCUT2D eigenvalue weighted by atomic mass is 10.1. The molecule has 7 nitrogen and oxygen atoms in total. The van der Waals surface area contributed by atoms with E-state index < -0.39 is 6.23 Å². The second-order valence-corrected chi connectivity index (χ2v) is 6.00. The van der Waals surface area contributed by atoms with E-state index in [9.17, 15) is 5.11 Å². The van der Waals surface area contributed by atoms with E-state index in [1.165, 1.54) is 19.3 Å². The minimum Gasteiger partial charge on any atom is -0.368 e. The van der Waals surface area contributed by atoms with Gasteiger partial charge in [0.25, 0.3) is 0 Å². The number of nitrogens with zero attached hydrogens (tertiary/aromatic N) is 5. The maximum absolute atomic E-state index is 10.7. The van der Waals surface area contributed by atoms with Gasteiger partial charge in [0.1, 0.15) is 12.1 Å². The van der Waals surface area contributed by atoms with Crippen molar-refractivity contribution in [3.8, 4) is 0 Å². The van der Waals surface area contributed by atoms with Crippen molar-refractivity contribution in [2.45, 2.75) is 25.5 Å². The molecule has 0 bridgehead atoms. The smallest absolute Gasteiger partial charge is 0.175 e. The summed E-state index contributed by atoms with van der Waals surface area (Å²) in [6, 6.07) is 5.69. The Morgan fingerprint density at radius 3 is 2.68 bits per heavy atom. The van der Waals surface area contributed by atoms with E-state index in [-0.39, 0.29) is 12.4 Å². The standard InChI is InChI=1S/C17H20N6O.ClH/c24-17-14(13-5-4-6-18-10-13)11-21-23(17)16-9-15(19-12-20-16)22-7-2-1-3-8-22;/h4-6,9-12,17,21,24H,1-3,7-8H2;1H. The van der Waals surface area contributed by atoms with Gasteiger partial charge in [-0.3, -0.25) is 4.98 Å². The van der Waals surface area contributed by atoms with Crippen LogP contribution in [0.25, 0.3) is 5.57 Å². The number of pyridine rings is 1. The number of hydrogen-bond donors (Lipinski definition) is 2. The first kappa shape index (κ1) is 17.4. The molecule has 4 heterocycles. The minimum absolute atomic E-state index is 0. The predicted molar refractivity (Wildman–Crippen MR) is 99.2 cm³/mol. The number of piperidine rings is 1. The van der Waals surface area contributed by atoms with Gasteiger partial charge in [0.05, 0.1) is 0 Å². The molecule has 2 aromatic rings. The van der Waals surface area contributed by atoms with E-state index in [1.54, 1.807) is 29.9 Å². The number of anilines is 2. The molecule has 1 unspecified atom stereocenters. The lowest BCUT2D eigenvalue weighted by Gasteiger charge is -2.29. The number of aromatic nitrogens is 3. The first-order chi connectivity index (χ1) is 11.8. The topological polar surface area (TPSA) is 77.4 Å². The van der Waals surface area contributed by atoms with Crippen LogP contribution in [0.3, 0.4) is 0 Å². The summed E-state index contributed by atoms with van der Waals surface area (Å²) in [4.78, 5) is 15.1. The van der Waals surface area contributed by atoms with Crippen molar-refractivity contribution < 1.29 is 5.11 Å². The molecule has 132 valence electrons. The maximum Gasteiger partial charge on any atom is 0.175 e. The molecule has 25 heavy (non-hydrogen) atoms. The minimum atomic E-state index is -0.821. The average molecular weight is 361 g/mol. The largest absolute Gasteiger partial charge is 0.368 e. The van der Waals surface area contributed by atoms with Gasteiger partial charge in [0.2, 0.25) is 0 Å². The van der Waals surface area contributed by atoms with Crippen LogP contribution in [0, 0.1) is 0 Å². The molecule has 1 atom stereocenters. The normalized spacial score (nSPS) is 19.9. The van der Waals surface area contributed by atoms with E-state index in [0.717, 1.165) is 30.0 Å². The fraction of sp³-hybridized carbons (Fsp3) is 0.353. The molecular formula is C17H21ClN6O. The number of nitrogens with one attached hydrogen (secondary N) is 1. The molecule has 2 N–H and O–H groups in total. The van der Waals surface area contributed by atoms with E-state index in [0.29, 0.717) is 5.82 Å². The third-order valence-electron chi connectivity index (χ3n) is 4.44. The van der Waals surface area contributed by atoms with Crippen LogP contribution in [0.1, 0.15) is 24.8 Å². The van der Waals surface area contributed by atoms with Crippen molar-refractivity contribution in [3.05, 3.63) is 48.7 Å². The van der Waals surface area contributed by atoms with Crippen LogP contribution in [0.15, 0.2) is 43.1 Å². The van der Waals surface area contributed by atoms with Crippen LogP contribution in [-0.2, 0) is 0 Å². The third kappa shape index (κ3) is 3.52. The fourth-order valence-electron chi connectivity index (χ4n) is 3.15. The van der Waals surface area contributed by atoms with E-state index in [4.69, 9.17) is 0 Å². The van der Waals surface area contributed by atoms with Crippen molar-refractivity contribution in [2.24, 2.45) is 0 Å². The second-order valence-electron chi connectivity index (χ2n) is 6.00. The molecule has 0 amide bonds. The van der Waals surface area contributed by atoms with Crippen molar-refractivity contribution in [1.29, 1.82) is 0 Å². The summed E-state index contributed by atoms with van der Waals surface area (Å²) in [6.07, 6.45) is 9.62. The van der Waals surface area contributed by atoms with Crippen LogP contribution in [0.4, 0.5) is 11.6 Å². The number of aliphatic hydroxyl groups excluding tert-OH is 1. The summed E-state index contributed by atoms with van der Waals surface area (Å²) in [7, 11) is 0. The Morgan fingerprint density at radius 1 is 1.12 bits per heavy atom. The molecule has 0 aliphatic carbocycles. The molecule has 0 saturated carbocycles. The lowest BCUT2D eigenvalue weighted by molar-refractivity contribution is 0.225. The Bertz CT molecular complexity index is 735. The Labute approximate surface area is 152 Å². The predicted octanol–water partition coefficient (Wildman–Crippen LogP) is 1.97. The molecular weight excluding hydrogens is 340 g/mol. The van der Waals surface area contributed by atoms with Gasteiger partial charge in [-0.05, 0) is 25.3 Å². The van der Waals surface area contributed by atoms with Gasteiger partial charge in [0, 0.05) is 48.9 Å². The number of hydrazine groups is 1. The average Bonchev–Trinajstić information content (AvgIpc) is 3.05. The molecule has 2 aliphatic heterocycles. The van der Waals surface area contributed by atoms with Crippen LogP contribution in [0.2, 0.25) is 0 Å². The Morgan fingerprint density at radius 2 is 1.92 bits per heavy atom. The lowest BCUT2D eigenvalue weighted by Crippen LogP contribution is -2.39. The highest BCUT2D eigenvalue weighted by Gasteiger charge is 2.28. The molecule has 0 radical (unpaired) electrons. The summed E-state index contributed by atoms with van der Waals surface area (Å²) >= 11 is 0. The van der Waals surface area contributed by atoms with Gasteiger partial charge in [0.15, 0.2) is 12.0 Å². The zero-order chi connectivity index (χ0) is 16.4. The number of aliphatic hydroxyl groups is 1. The highest BCUT2D eigenvalue weighted by Crippen LogP contribution is 2.28. The van der Waals surface area contributed by atoms with Gasteiger partial charge in [-0.15, -0.1) is 12.4 Å². The summed E-state index contributed by atoms with van der Waals surface area (Å²) < 4.78 is 0. The number of hydrogen-bond acceptors (Lipinski definition) is 7. The molecule has 0 aromatic carbocycles. The van der Waals surface area contributed by atoms with Crippen LogP contribution in [0.5, 0.6) is 0 Å². The van der Waals surface area contributed by atoms with Gasteiger partial charge in [-0.2, -0.15) is 0 Å². The molecule has 1 saturated heterocycles. The Kier molecular flexibility index (Phi) is 5.35. The van der Waals surface area contributed by atoms with Gasteiger partial charge in [-0.25, -0.2) is 15.0 Å². The molecule has 8 heteroatoms. The summed E-state index contributed by atoms with van der Waals surface area (Å²) in [6.45, 7) is 2.04.